The fraction of sp³-hybridized carbons (Fsp3) is 0.667. The first-order valence-electron chi connectivity index (χ1n) is 5.69. The number of ketones is 1. The van der Waals surface area contributed by atoms with E-state index in [1.807, 2.05) is 17.8 Å². The van der Waals surface area contributed by atoms with Crippen LogP contribution in [-0.4, -0.2) is 27.6 Å². The van der Waals surface area contributed by atoms with Crippen molar-refractivity contribution in [1.82, 2.24) is 15.1 Å². The Kier molecular flexibility index (Phi) is 4.24. The normalized spacial score (nSPS) is 11.8. The van der Waals surface area contributed by atoms with Crippen LogP contribution in [0.2, 0.25) is 0 Å². The molecule has 1 aromatic rings. The Morgan fingerprint density at radius 3 is 2.69 bits per heavy atom. The van der Waals surface area contributed by atoms with E-state index in [-0.39, 0.29) is 11.3 Å². The third-order valence-electron chi connectivity index (χ3n) is 2.23. The summed E-state index contributed by atoms with van der Waals surface area (Å²) in [5.74, 6) is 0.200. The van der Waals surface area contributed by atoms with Gasteiger partial charge in [0, 0.05) is 24.7 Å². The largest absolute Gasteiger partial charge is 0.305 e. The maximum Gasteiger partial charge on any atom is 0.151 e. The molecule has 0 fully saturated rings. The average molecular weight is 223 g/mol. The molecule has 0 bridgehead atoms. The van der Waals surface area contributed by atoms with Crippen molar-refractivity contribution in [1.29, 1.82) is 0 Å². The molecular weight excluding hydrogens is 202 g/mol. The predicted molar refractivity (Wildman–Crippen MR) is 64.4 cm³/mol. The number of nitrogens with zero attached hydrogens (tertiary/aromatic N) is 2. The summed E-state index contributed by atoms with van der Waals surface area (Å²) in [5, 5.41) is 7.33. The first-order valence-corrected chi connectivity index (χ1v) is 5.69. The van der Waals surface area contributed by atoms with Crippen LogP contribution < -0.4 is 5.32 Å². The van der Waals surface area contributed by atoms with Crippen LogP contribution in [0.3, 0.4) is 0 Å². The van der Waals surface area contributed by atoms with Crippen molar-refractivity contribution in [3.63, 3.8) is 0 Å². The Bertz CT molecular complexity index is 349. The quantitative estimate of drug-likeness (QED) is 0.821. The molecule has 0 atom stereocenters. The summed E-state index contributed by atoms with van der Waals surface area (Å²) in [6.07, 6.45) is 4.15. The molecule has 1 N–H and O–H groups in total. The first-order chi connectivity index (χ1) is 7.40. The predicted octanol–water partition coefficient (Wildman–Crippen LogP) is 1.40. The van der Waals surface area contributed by atoms with Crippen LogP contribution in [0.5, 0.6) is 0 Å². The highest BCUT2D eigenvalue weighted by molar-refractivity contribution is 5.82. The van der Waals surface area contributed by atoms with E-state index in [1.54, 1.807) is 6.20 Å². The Hall–Kier alpha value is -1.16. The molecule has 1 heterocycles. The number of aromatic nitrogens is 2. The van der Waals surface area contributed by atoms with Crippen molar-refractivity contribution in [2.24, 2.45) is 0 Å². The summed E-state index contributed by atoms with van der Waals surface area (Å²) < 4.78 is 1.83. The maximum absolute atomic E-state index is 11.7. The van der Waals surface area contributed by atoms with Crippen LogP contribution in [0.1, 0.15) is 33.3 Å². The molecule has 16 heavy (non-hydrogen) atoms. The number of hydrogen-bond acceptors (Lipinski definition) is 3. The van der Waals surface area contributed by atoms with E-state index in [9.17, 15) is 4.79 Å². The number of Topliss-reactive ketones (excluding diaryl/α,β-unsaturated/α-hetero) is 1. The number of rotatable bonds is 5. The van der Waals surface area contributed by atoms with Crippen molar-refractivity contribution >= 4 is 5.78 Å². The van der Waals surface area contributed by atoms with Crippen LogP contribution >= 0.6 is 0 Å². The molecule has 0 saturated carbocycles. The van der Waals surface area contributed by atoms with E-state index in [2.05, 4.69) is 31.2 Å². The highest BCUT2D eigenvalue weighted by atomic mass is 16.1. The second-order valence-electron chi connectivity index (χ2n) is 5.02. The molecule has 4 nitrogen and oxygen atoms in total. The van der Waals surface area contributed by atoms with E-state index >= 15 is 0 Å². The maximum atomic E-state index is 11.7. The SMILES string of the molecule is CCn1cc(CC(=O)CNC(C)(C)C)cn1. The zero-order chi connectivity index (χ0) is 12.2. The lowest BCUT2D eigenvalue weighted by Crippen LogP contribution is -2.39. The lowest BCUT2D eigenvalue weighted by molar-refractivity contribution is -0.117. The summed E-state index contributed by atoms with van der Waals surface area (Å²) in [4.78, 5) is 11.7. The third kappa shape index (κ3) is 4.57. The van der Waals surface area contributed by atoms with Crippen molar-refractivity contribution in [2.75, 3.05) is 6.54 Å². The number of hydrogen-bond donors (Lipinski definition) is 1. The fourth-order valence-corrected chi connectivity index (χ4v) is 1.32. The van der Waals surface area contributed by atoms with Gasteiger partial charge in [-0.1, -0.05) is 0 Å². The lowest BCUT2D eigenvalue weighted by Gasteiger charge is -2.19. The second-order valence-corrected chi connectivity index (χ2v) is 5.02. The molecule has 0 radical (unpaired) electrons. The van der Waals surface area contributed by atoms with Crippen LogP contribution in [0.15, 0.2) is 12.4 Å². The van der Waals surface area contributed by atoms with E-state index in [0.717, 1.165) is 12.1 Å². The molecule has 0 aliphatic carbocycles. The van der Waals surface area contributed by atoms with Gasteiger partial charge in [-0.15, -0.1) is 0 Å². The molecule has 0 aromatic carbocycles. The molecule has 0 spiro atoms. The number of carbonyl (C=O) groups is 1. The first kappa shape index (κ1) is 12.9. The molecule has 1 aromatic heterocycles. The van der Waals surface area contributed by atoms with Crippen molar-refractivity contribution in [3.05, 3.63) is 18.0 Å². The van der Waals surface area contributed by atoms with Gasteiger partial charge < -0.3 is 5.32 Å². The third-order valence-corrected chi connectivity index (χ3v) is 2.23. The van der Waals surface area contributed by atoms with Crippen molar-refractivity contribution < 1.29 is 4.79 Å². The summed E-state index contributed by atoms with van der Waals surface area (Å²) in [5.41, 5.74) is 0.978. The van der Waals surface area contributed by atoms with Crippen molar-refractivity contribution in [3.8, 4) is 0 Å². The lowest BCUT2D eigenvalue weighted by atomic mass is 10.1. The van der Waals surface area contributed by atoms with Gasteiger partial charge >= 0.3 is 0 Å². The van der Waals surface area contributed by atoms with Gasteiger partial charge in [0.05, 0.1) is 12.7 Å². The highest BCUT2D eigenvalue weighted by Gasteiger charge is 2.12. The molecule has 0 unspecified atom stereocenters. The highest BCUT2D eigenvalue weighted by Crippen LogP contribution is 2.01. The van der Waals surface area contributed by atoms with Gasteiger partial charge in [0.1, 0.15) is 0 Å². The van der Waals surface area contributed by atoms with Crippen LogP contribution in [-0.2, 0) is 17.8 Å². The molecular formula is C12H21N3O. The van der Waals surface area contributed by atoms with Gasteiger partial charge in [0.15, 0.2) is 5.78 Å². The number of nitrogens with one attached hydrogen (secondary N) is 1. The molecule has 0 saturated heterocycles. The van der Waals surface area contributed by atoms with Gasteiger partial charge in [-0.25, -0.2) is 0 Å². The summed E-state index contributed by atoms with van der Waals surface area (Å²) in [7, 11) is 0. The van der Waals surface area contributed by atoms with Crippen LogP contribution in [0, 0.1) is 0 Å². The molecule has 0 aliphatic heterocycles. The fourth-order valence-electron chi connectivity index (χ4n) is 1.32. The standard InChI is InChI=1S/C12H21N3O/c1-5-15-9-10(7-14-15)6-11(16)8-13-12(2,3)4/h7,9,13H,5-6,8H2,1-4H3. The number of carbonyl (C=O) groups excluding carboxylic acids is 1. The molecule has 4 heteroatoms. The Morgan fingerprint density at radius 1 is 1.50 bits per heavy atom. The van der Waals surface area contributed by atoms with Gasteiger partial charge in [-0.2, -0.15) is 5.10 Å². The van der Waals surface area contributed by atoms with Gasteiger partial charge in [-0.05, 0) is 33.3 Å². The van der Waals surface area contributed by atoms with E-state index in [0.29, 0.717) is 13.0 Å². The topological polar surface area (TPSA) is 46.9 Å². The summed E-state index contributed by atoms with van der Waals surface area (Å²) in [6, 6.07) is 0. The minimum atomic E-state index is -0.0107. The summed E-state index contributed by atoms with van der Waals surface area (Å²) >= 11 is 0. The zero-order valence-electron chi connectivity index (χ0n) is 10.6. The monoisotopic (exact) mass is 223 g/mol. The Labute approximate surface area is 97.0 Å². The number of aryl methyl sites for hydroxylation is 1. The smallest absolute Gasteiger partial charge is 0.151 e. The minimum Gasteiger partial charge on any atom is -0.305 e. The van der Waals surface area contributed by atoms with Gasteiger partial charge in [0.25, 0.3) is 0 Å². The van der Waals surface area contributed by atoms with E-state index in [1.165, 1.54) is 0 Å². The molecule has 1 rings (SSSR count). The average Bonchev–Trinajstić information content (AvgIpc) is 2.61. The van der Waals surface area contributed by atoms with Crippen LogP contribution in [0.4, 0.5) is 0 Å². The second kappa shape index (κ2) is 5.25. The van der Waals surface area contributed by atoms with E-state index < -0.39 is 0 Å². The van der Waals surface area contributed by atoms with Gasteiger partial charge in [0.2, 0.25) is 0 Å². The molecule has 0 aliphatic rings. The van der Waals surface area contributed by atoms with Gasteiger partial charge in [-0.3, -0.25) is 9.48 Å². The minimum absolute atomic E-state index is 0.0107. The molecule has 90 valence electrons. The Morgan fingerprint density at radius 2 is 2.19 bits per heavy atom. The molecule has 0 amide bonds. The van der Waals surface area contributed by atoms with Crippen LogP contribution in [0.25, 0.3) is 0 Å². The Balaban J connectivity index is 2.40. The van der Waals surface area contributed by atoms with E-state index in [4.69, 9.17) is 0 Å². The zero-order valence-corrected chi connectivity index (χ0v) is 10.6. The summed E-state index contributed by atoms with van der Waals surface area (Å²) in [6.45, 7) is 9.44. The van der Waals surface area contributed by atoms with Crippen molar-refractivity contribution in [2.45, 2.75) is 46.2 Å².